The Balaban J connectivity index is 1.35. The van der Waals surface area contributed by atoms with Crippen LogP contribution in [0.25, 0.3) is 10.8 Å². The van der Waals surface area contributed by atoms with Crippen LogP contribution >= 0.6 is 11.6 Å². The zero-order valence-electron chi connectivity index (χ0n) is 18.7. The van der Waals surface area contributed by atoms with Crippen LogP contribution in [0.15, 0.2) is 90.0 Å². The van der Waals surface area contributed by atoms with Gasteiger partial charge in [-0.2, -0.15) is 5.10 Å². The second-order valence-corrected chi connectivity index (χ2v) is 7.75. The number of hydrazone groups is 1. The summed E-state index contributed by atoms with van der Waals surface area (Å²) in [7, 11) is 1.45. The van der Waals surface area contributed by atoms with Crippen LogP contribution < -0.4 is 19.6 Å². The van der Waals surface area contributed by atoms with Crippen LogP contribution in [-0.4, -0.2) is 31.8 Å². The second kappa shape index (κ2) is 11.2. The first-order valence-corrected chi connectivity index (χ1v) is 11.0. The van der Waals surface area contributed by atoms with Crippen LogP contribution in [0, 0.1) is 0 Å². The summed E-state index contributed by atoms with van der Waals surface area (Å²) in [5.74, 6) is 0.149. The number of hydrogen-bond acceptors (Lipinski definition) is 6. The highest BCUT2D eigenvalue weighted by molar-refractivity contribution is 6.33. The van der Waals surface area contributed by atoms with E-state index < -0.39 is 11.9 Å². The maximum absolute atomic E-state index is 12.4. The highest BCUT2D eigenvalue weighted by Gasteiger charge is 2.15. The van der Waals surface area contributed by atoms with Gasteiger partial charge in [0.05, 0.1) is 23.9 Å². The normalized spacial score (nSPS) is 10.8. The van der Waals surface area contributed by atoms with Crippen LogP contribution in [0.3, 0.4) is 0 Å². The molecule has 0 aliphatic carbocycles. The van der Waals surface area contributed by atoms with E-state index in [-0.39, 0.29) is 17.9 Å². The Morgan fingerprint density at radius 2 is 1.69 bits per heavy atom. The molecule has 8 heteroatoms. The Kier molecular flexibility index (Phi) is 7.60. The first kappa shape index (κ1) is 23.8. The number of rotatable bonds is 8. The minimum atomic E-state index is -0.603. The molecule has 0 spiro atoms. The highest BCUT2D eigenvalue weighted by atomic mass is 35.5. The summed E-state index contributed by atoms with van der Waals surface area (Å²) in [6, 6.07) is 24.9. The molecule has 0 aromatic heterocycles. The van der Waals surface area contributed by atoms with Crippen molar-refractivity contribution in [2.45, 2.75) is 0 Å². The van der Waals surface area contributed by atoms with Crippen molar-refractivity contribution in [3.8, 4) is 17.2 Å². The van der Waals surface area contributed by atoms with Gasteiger partial charge in [-0.1, -0.05) is 60.1 Å². The number of esters is 1. The van der Waals surface area contributed by atoms with E-state index in [2.05, 4.69) is 10.5 Å². The number of halogens is 1. The van der Waals surface area contributed by atoms with E-state index in [0.717, 1.165) is 10.8 Å². The lowest BCUT2D eigenvalue weighted by molar-refractivity contribution is -0.123. The lowest BCUT2D eigenvalue weighted by Gasteiger charge is -2.10. The molecular formula is C27H21ClN2O5. The fourth-order valence-electron chi connectivity index (χ4n) is 3.31. The van der Waals surface area contributed by atoms with Crippen molar-refractivity contribution in [2.24, 2.45) is 5.10 Å². The summed E-state index contributed by atoms with van der Waals surface area (Å²) in [5.41, 5.74) is 3.29. The lowest BCUT2D eigenvalue weighted by atomic mass is 10.1. The van der Waals surface area contributed by atoms with Crippen LogP contribution in [0.4, 0.5) is 0 Å². The molecule has 0 saturated heterocycles. The molecule has 4 rings (SSSR count). The Bertz CT molecular complexity index is 1400. The molecule has 0 fully saturated rings. The standard InChI is InChI=1S/C27H21ClN2O5/c1-33-25-15-18(13-14-24(25)35-27(32)21-10-4-5-11-22(21)28)16-29-30-26(31)17-34-23-12-6-8-19-7-2-3-9-20(19)23/h2-16H,17H2,1H3,(H,30,31)/b29-16+. The molecule has 0 aliphatic heterocycles. The summed E-state index contributed by atoms with van der Waals surface area (Å²) in [4.78, 5) is 24.6. The van der Waals surface area contributed by atoms with Gasteiger partial charge in [0.2, 0.25) is 0 Å². The number of amides is 1. The van der Waals surface area contributed by atoms with E-state index in [1.165, 1.54) is 13.3 Å². The van der Waals surface area contributed by atoms with Gasteiger partial charge in [-0.05, 0) is 47.3 Å². The van der Waals surface area contributed by atoms with Gasteiger partial charge < -0.3 is 14.2 Å². The van der Waals surface area contributed by atoms with E-state index in [1.807, 2.05) is 42.5 Å². The topological polar surface area (TPSA) is 86.2 Å². The largest absolute Gasteiger partial charge is 0.493 e. The van der Waals surface area contributed by atoms with Crippen molar-refractivity contribution in [2.75, 3.05) is 13.7 Å². The van der Waals surface area contributed by atoms with Crippen molar-refractivity contribution in [1.29, 1.82) is 0 Å². The van der Waals surface area contributed by atoms with E-state index in [4.69, 9.17) is 25.8 Å². The second-order valence-electron chi connectivity index (χ2n) is 7.34. The first-order chi connectivity index (χ1) is 17.0. The number of ether oxygens (including phenoxy) is 3. The molecule has 0 aliphatic rings. The summed E-state index contributed by atoms with van der Waals surface area (Å²) in [5, 5.41) is 6.20. The summed E-state index contributed by atoms with van der Waals surface area (Å²) in [6.45, 7) is -0.189. The van der Waals surface area contributed by atoms with Gasteiger partial charge in [-0.15, -0.1) is 0 Å². The fourth-order valence-corrected chi connectivity index (χ4v) is 3.52. The van der Waals surface area contributed by atoms with Crippen molar-refractivity contribution in [1.82, 2.24) is 5.43 Å². The van der Waals surface area contributed by atoms with E-state index in [9.17, 15) is 9.59 Å². The molecule has 176 valence electrons. The molecule has 0 bridgehead atoms. The van der Waals surface area contributed by atoms with Crippen molar-refractivity contribution >= 4 is 40.5 Å². The van der Waals surface area contributed by atoms with Crippen molar-refractivity contribution in [3.05, 3.63) is 101 Å². The minimum Gasteiger partial charge on any atom is -0.493 e. The van der Waals surface area contributed by atoms with Crippen LogP contribution in [-0.2, 0) is 4.79 Å². The number of hydrogen-bond donors (Lipinski definition) is 1. The molecule has 0 unspecified atom stereocenters. The number of carbonyl (C=O) groups is 2. The number of methoxy groups -OCH3 is 1. The SMILES string of the molecule is COc1cc(/C=N/NC(=O)COc2cccc3ccccc23)ccc1OC(=O)c1ccccc1Cl. The van der Waals surface area contributed by atoms with Gasteiger partial charge in [-0.25, -0.2) is 10.2 Å². The zero-order valence-corrected chi connectivity index (χ0v) is 19.5. The Morgan fingerprint density at radius 3 is 2.51 bits per heavy atom. The third-order valence-corrected chi connectivity index (χ3v) is 5.32. The maximum Gasteiger partial charge on any atom is 0.345 e. The van der Waals surface area contributed by atoms with E-state index in [0.29, 0.717) is 22.1 Å². The Labute approximate surface area is 206 Å². The van der Waals surface area contributed by atoms with Gasteiger partial charge in [-0.3, -0.25) is 4.79 Å². The number of nitrogens with one attached hydrogen (secondary N) is 1. The average Bonchev–Trinajstić information content (AvgIpc) is 2.88. The maximum atomic E-state index is 12.4. The number of nitrogens with zero attached hydrogens (tertiary/aromatic N) is 1. The molecule has 4 aromatic carbocycles. The molecule has 1 N–H and O–H groups in total. The molecule has 0 heterocycles. The monoisotopic (exact) mass is 488 g/mol. The predicted molar refractivity (Wildman–Crippen MR) is 135 cm³/mol. The summed E-state index contributed by atoms with van der Waals surface area (Å²) >= 11 is 6.06. The smallest absolute Gasteiger partial charge is 0.345 e. The van der Waals surface area contributed by atoms with E-state index >= 15 is 0 Å². The molecular weight excluding hydrogens is 468 g/mol. The molecule has 0 saturated carbocycles. The quantitative estimate of drug-likeness (QED) is 0.158. The third kappa shape index (κ3) is 5.96. The molecule has 0 atom stereocenters. The molecule has 4 aromatic rings. The number of fused-ring (bicyclic) bond motifs is 1. The molecule has 0 radical (unpaired) electrons. The lowest BCUT2D eigenvalue weighted by Crippen LogP contribution is -2.24. The molecule has 1 amide bonds. The van der Waals surface area contributed by atoms with Gasteiger partial charge in [0.25, 0.3) is 5.91 Å². The number of benzene rings is 4. The van der Waals surface area contributed by atoms with Crippen LogP contribution in [0.2, 0.25) is 5.02 Å². The van der Waals surface area contributed by atoms with Gasteiger partial charge in [0, 0.05) is 5.39 Å². The number of carbonyl (C=O) groups excluding carboxylic acids is 2. The first-order valence-electron chi connectivity index (χ1n) is 10.6. The average molecular weight is 489 g/mol. The summed E-state index contributed by atoms with van der Waals surface area (Å²) in [6.07, 6.45) is 1.44. The highest BCUT2D eigenvalue weighted by Crippen LogP contribution is 2.29. The van der Waals surface area contributed by atoms with Crippen LogP contribution in [0.1, 0.15) is 15.9 Å². The van der Waals surface area contributed by atoms with Gasteiger partial charge in [0.15, 0.2) is 18.1 Å². The third-order valence-electron chi connectivity index (χ3n) is 5.00. The summed E-state index contributed by atoms with van der Waals surface area (Å²) < 4.78 is 16.4. The Hall–Kier alpha value is -4.36. The predicted octanol–water partition coefficient (Wildman–Crippen LogP) is 5.25. The zero-order chi connectivity index (χ0) is 24.6. The molecule has 35 heavy (non-hydrogen) atoms. The minimum absolute atomic E-state index is 0.189. The van der Waals surface area contributed by atoms with Crippen LogP contribution in [0.5, 0.6) is 17.2 Å². The van der Waals surface area contributed by atoms with E-state index in [1.54, 1.807) is 42.5 Å². The van der Waals surface area contributed by atoms with Crippen molar-refractivity contribution < 1.29 is 23.8 Å². The van der Waals surface area contributed by atoms with Gasteiger partial charge >= 0.3 is 5.97 Å². The van der Waals surface area contributed by atoms with Gasteiger partial charge in [0.1, 0.15) is 5.75 Å². The molecule has 7 nitrogen and oxygen atoms in total. The fraction of sp³-hybridized carbons (Fsp3) is 0.0741. The van der Waals surface area contributed by atoms with Crippen molar-refractivity contribution in [3.63, 3.8) is 0 Å². The Morgan fingerprint density at radius 1 is 0.914 bits per heavy atom.